The number of likely N-dealkylation sites (tertiary alicyclic amines) is 1. The monoisotopic (exact) mass is 395 g/mol. The zero-order valence-corrected chi connectivity index (χ0v) is 16.6. The highest BCUT2D eigenvalue weighted by Crippen LogP contribution is 2.21. The van der Waals surface area contributed by atoms with Crippen LogP contribution in [0.5, 0.6) is 0 Å². The highest BCUT2D eigenvalue weighted by atomic mass is 32.2. The molecular weight excluding hydrogens is 366 g/mol. The fourth-order valence-corrected chi connectivity index (χ4v) is 3.97. The molecule has 6 nitrogen and oxygen atoms in total. The number of aliphatic carboxylic acids is 1. The van der Waals surface area contributed by atoms with Gasteiger partial charge in [0.25, 0.3) is 0 Å². The second kappa shape index (κ2) is 11.2. The maximum atomic E-state index is 12.1. The van der Waals surface area contributed by atoms with E-state index < -0.39 is 12.1 Å². The molecule has 0 radical (unpaired) electrons. The molecule has 7 heteroatoms. The summed E-state index contributed by atoms with van der Waals surface area (Å²) in [6.45, 7) is 2.68. The van der Waals surface area contributed by atoms with Crippen molar-refractivity contribution in [3.8, 4) is 0 Å². The molecule has 2 heterocycles. The molecule has 0 aromatic carbocycles. The first-order valence-electron chi connectivity index (χ1n) is 9.52. The Bertz CT molecular complexity index is 642. The summed E-state index contributed by atoms with van der Waals surface area (Å²) in [6, 6.07) is 3.84. The number of carbonyl (C=O) groups is 2. The van der Waals surface area contributed by atoms with Crippen molar-refractivity contribution >= 4 is 23.6 Å². The third-order valence-corrected chi connectivity index (χ3v) is 5.61. The Morgan fingerprint density at radius 3 is 2.89 bits per heavy atom. The minimum Gasteiger partial charge on any atom is -0.481 e. The number of carbonyl (C=O) groups excluding carboxylic acids is 1. The van der Waals surface area contributed by atoms with E-state index in [4.69, 9.17) is 9.52 Å². The molecule has 0 aliphatic carbocycles. The summed E-state index contributed by atoms with van der Waals surface area (Å²) in [5, 5.41) is 18.8. The largest absolute Gasteiger partial charge is 0.481 e. The highest BCUT2D eigenvalue weighted by Gasteiger charge is 2.28. The molecule has 2 atom stereocenters. The van der Waals surface area contributed by atoms with E-state index in [-0.39, 0.29) is 18.4 Å². The first kappa shape index (κ1) is 21.6. The van der Waals surface area contributed by atoms with Gasteiger partial charge in [-0.1, -0.05) is 19.1 Å². The van der Waals surface area contributed by atoms with Gasteiger partial charge in [0.2, 0.25) is 5.91 Å². The van der Waals surface area contributed by atoms with Gasteiger partial charge in [-0.15, -0.1) is 0 Å². The standard InChI is InChI=1S/C20H29NO5S/c1-2-17-8-9-18(26-17)14-16(22)7-5-15-6-10-19(23)21(15)11-13-27-12-3-4-20(24)25/h5,7-9,15-16,22H,2-4,6,10-14H2,1H3,(H,24,25)/b7-5+/t15-,16+/m0/s1. The number of carboxylic acid groups (broad SMARTS) is 1. The first-order valence-corrected chi connectivity index (χ1v) is 10.7. The Morgan fingerprint density at radius 2 is 2.19 bits per heavy atom. The number of aliphatic hydroxyl groups excluding tert-OH is 1. The molecule has 0 saturated carbocycles. The quantitative estimate of drug-likeness (QED) is 0.418. The van der Waals surface area contributed by atoms with Crippen LogP contribution in [-0.4, -0.2) is 57.2 Å². The SMILES string of the molecule is CCc1ccc(C[C@H](O)/C=C/[C@H]2CCC(=O)N2CCSCCCC(=O)O)o1. The number of aliphatic hydroxyl groups is 1. The Hall–Kier alpha value is -1.73. The van der Waals surface area contributed by atoms with Crippen LogP contribution in [0.4, 0.5) is 0 Å². The fraction of sp³-hybridized carbons (Fsp3) is 0.600. The number of furan rings is 1. The van der Waals surface area contributed by atoms with Crippen molar-refractivity contribution in [2.24, 2.45) is 0 Å². The van der Waals surface area contributed by atoms with E-state index >= 15 is 0 Å². The molecule has 1 aromatic heterocycles. The molecule has 2 N–H and O–H groups in total. The van der Waals surface area contributed by atoms with Crippen molar-refractivity contribution in [3.63, 3.8) is 0 Å². The predicted molar refractivity (Wildman–Crippen MR) is 106 cm³/mol. The van der Waals surface area contributed by atoms with Crippen molar-refractivity contribution in [1.82, 2.24) is 4.90 Å². The molecule has 1 aliphatic heterocycles. The summed E-state index contributed by atoms with van der Waals surface area (Å²) in [4.78, 5) is 24.4. The van der Waals surface area contributed by atoms with Gasteiger partial charge < -0.3 is 19.5 Å². The van der Waals surface area contributed by atoms with Crippen molar-refractivity contribution in [3.05, 3.63) is 35.8 Å². The molecule has 1 aromatic rings. The van der Waals surface area contributed by atoms with Gasteiger partial charge in [0, 0.05) is 38.0 Å². The van der Waals surface area contributed by atoms with Crippen LogP contribution >= 0.6 is 11.8 Å². The molecule has 150 valence electrons. The van der Waals surface area contributed by atoms with Crippen LogP contribution < -0.4 is 0 Å². The molecule has 27 heavy (non-hydrogen) atoms. The Morgan fingerprint density at radius 1 is 1.41 bits per heavy atom. The lowest BCUT2D eigenvalue weighted by molar-refractivity contribution is -0.137. The highest BCUT2D eigenvalue weighted by molar-refractivity contribution is 7.99. The zero-order chi connectivity index (χ0) is 19.6. The molecule has 1 amide bonds. The van der Waals surface area contributed by atoms with Crippen LogP contribution in [0.2, 0.25) is 0 Å². The lowest BCUT2D eigenvalue weighted by atomic mass is 10.1. The van der Waals surface area contributed by atoms with E-state index in [2.05, 4.69) is 0 Å². The Kier molecular flexibility index (Phi) is 8.94. The van der Waals surface area contributed by atoms with Gasteiger partial charge in [-0.25, -0.2) is 0 Å². The van der Waals surface area contributed by atoms with Crippen LogP contribution in [0.1, 0.15) is 44.1 Å². The molecule has 0 spiro atoms. The maximum absolute atomic E-state index is 12.1. The van der Waals surface area contributed by atoms with Gasteiger partial charge in [0.05, 0.1) is 12.1 Å². The summed E-state index contributed by atoms with van der Waals surface area (Å²) in [7, 11) is 0. The van der Waals surface area contributed by atoms with Crippen LogP contribution in [0.25, 0.3) is 0 Å². The molecule has 2 rings (SSSR count). The summed E-state index contributed by atoms with van der Waals surface area (Å²) < 4.78 is 5.62. The Balaban J connectivity index is 1.75. The summed E-state index contributed by atoms with van der Waals surface area (Å²) >= 11 is 1.67. The molecule has 0 unspecified atom stereocenters. The van der Waals surface area contributed by atoms with Gasteiger partial charge in [0.15, 0.2) is 0 Å². The van der Waals surface area contributed by atoms with Crippen LogP contribution in [0, 0.1) is 0 Å². The van der Waals surface area contributed by atoms with Crippen molar-refractivity contribution < 1.29 is 24.2 Å². The fourth-order valence-electron chi connectivity index (χ4n) is 3.09. The van der Waals surface area contributed by atoms with E-state index in [9.17, 15) is 14.7 Å². The van der Waals surface area contributed by atoms with E-state index in [0.717, 1.165) is 35.9 Å². The molecule has 1 fully saturated rings. The molecule has 0 bridgehead atoms. The topological polar surface area (TPSA) is 91.0 Å². The van der Waals surface area contributed by atoms with E-state index in [0.29, 0.717) is 25.8 Å². The van der Waals surface area contributed by atoms with Gasteiger partial charge in [-0.05, 0) is 30.7 Å². The van der Waals surface area contributed by atoms with Crippen LogP contribution in [0.3, 0.4) is 0 Å². The van der Waals surface area contributed by atoms with E-state index in [1.165, 1.54) is 0 Å². The number of thioether (sulfide) groups is 1. The van der Waals surface area contributed by atoms with Gasteiger partial charge in [-0.3, -0.25) is 9.59 Å². The van der Waals surface area contributed by atoms with E-state index in [1.54, 1.807) is 17.8 Å². The average molecular weight is 396 g/mol. The van der Waals surface area contributed by atoms with Crippen molar-refractivity contribution in [1.29, 1.82) is 0 Å². The second-order valence-corrected chi connectivity index (χ2v) is 7.91. The lowest BCUT2D eigenvalue weighted by Crippen LogP contribution is -2.34. The third kappa shape index (κ3) is 7.42. The summed E-state index contributed by atoms with van der Waals surface area (Å²) in [5.74, 6) is 2.63. The summed E-state index contributed by atoms with van der Waals surface area (Å²) in [6.07, 6.45) is 6.45. The normalized spacial score (nSPS) is 18.5. The number of hydrogen-bond donors (Lipinski definition) is 2. The number of hydrogen-bond acceptors (Lipinski definition) is 5. The molecule has 1 saturated heterocycles. The van der Waals surface area contributed by atoms with Gasteiger partial charge in [0.1, 0.15) is 11.5 Å². The first-order chi connectivity index (χ1) is 13.0. The number of carboxylic acids is 1. The predicted octanol–water partition coefficient (Wildman–Crippen LogP) is 2.89. The van der Waals surface area contributed by atoms with E-state index in [1.807, 2.05) is 30.0 Å². The van der Waals surface area contributed by atoms with Crippen LogP contribution in [0.15, 0.2) is 28.7 Å². The summed E-state index contributed by atoms with van der Waals surface area (Å²) in [5.41, 5.74) is 0. The maximum Gasteiger partial charge on any atom is 0.303 e. The number of nitrogens with zero attached hydrogens (tertiary/aromatic N) is 1. The molecule has 1 aliphatic rings. The number of aryl methyl sites for hydroxylation is 1. The van der Waals surface area contributed by atoms with Crippen molar-refractivity contribution in [2.75, 3.05) is 18.1 Å². The van der Waals surface area contributed by atoms with Crippen molar-refractivity contribution in [2.45, 2.75) is 57.6 Å². The zero-order valence-electron chi connectivity index (χ0n) is 15.8. The number of amides is 1. The third-order valence-electron chi connectivity index (χ3n) is 4.56. The van der Waals surface area contributed by atoms with Gasteiger partial charge >= 0.3 is 5.97 Å². The second-order valence-electron chi connectivity index (χ2n) is 6.68. The lowest BCUT2D eigenvalue weighted by Gasteiger charge is -2.22. The minimum atomic E-state index is -0.769. The smallest absolute Gasteiger partial charge is 0.303 e. The average Bonchev–Trinajstić information content (AvgIpc) is 3.22. The number of rotatable bonds is 12. The van der Waals surface area contributed by atoms with Crippen LogP contribution in [-0.2, 0) is 22.4 Å². The minimum absolute atomic E-state index is 0.0228. The Labute approximate surface area is 164 Å². The molecular formula is C20H29NO5S. The van der Waals surface area contributed by atoms with Gasteiger partial charge in [-0.2, -0.15) is 11.8 Å².